The summed E-state index contributed by atoms with van der Waals surface area (Å²) in [6, 6.07) is 15.7. The van der Waals surface area contributed by atoms with E-state index >= 15 is 0 Å². The molecular formula is C20H17Cl2NO4. The van der Waals surface area contributed by atoms with Crippen molar-refractivity contribution in [3.05, 3.63) is 76.5 Å². The number of amides is 1. The Morgan fingerprint density at radius 1 is 1.15 bits per heavy atom. The molecule has 0 radical (unpaired) electrons. The van der Waals surface area contributed by atoms with Crippen molar-refractivity contribution in [2.75, 3.05) is 13.2 Å². The third-order valence-electron chi connectivity index (χ3n) is 3.85. The highest BCUT2D eigenvalue weighted by molar-refractivity contribution is 6.35. The summed E-state index contributed by atoms with van der Waals surface area (Å²) in [5.41, 5.74) is 1.60. The Balaban J connectivity index is 1.48. The molecule has 0 aliphatic heterocycles. The van der Waals surface area contributed by atoms with Crippen LogP contribution in [0.5, 0.6) is 5.75 Å². The second kappa shape index (κ2) is 8.95. The number of aliphatic hydroxyl groups is 1. The van der Waals surface area contributed by atoms with Gasteiger partial charge in [-0.05, 0) is 35.9 Å². The maximum atomic E-state index is 11.9. The first-order valence-corrected chi connectivity index (χ1v) is 8.95. The van der Waals surface area contributed by atoms with E-state index in [1.807, 2.05) is 24.3 Å². The first-order valence-electron chi connectivity index (χ1n) is 8.19. The van der Waals surface area contributed by atoms with Gasteiger partial charge in [0.1, 0.15) is 11.5 Å². The lowest BCUT2D eigenvalue weighted by atomic mass is 10.1. The Hall–Kier alpha value is -2.47. The quantitative estimate of drug-likeness (QED) is 0.607. The number of rotatable bonds is 7. The average molecular weight is 406 g/mol. The largest absolute Gasteiger partial charge is 0.482 e. The van der Waals surface area contributed by atoms with Gasteiger partial charge in [0.2, 0.25) is 0 Å². The van der Waals surface area contributed by atoms with Crippen molar-refractivity contribution in [3.63, 3.8) is 0 Å². The molecule has 5 nitrogen and oxygen atoms in total. The maximum Gasteiger partial charge on any atom is 0.258 e. The molecule has 1 atom stereocenters. The number of benzene rings is 2. The Morgan fingerprint density at radius 2 is 1.93 bits per heavy atom. The van der Waals surface area contributed by atoms with Gasteiger partial charge in [-0.1, -0.05) is 47.5 Å². The first kappa shape index (κ1) is 19.3. The fourth-order valence-corrected chi connectivity index (χ4v) is 2.89. The lowest BCUT2D eigenvalue weighted by Gasteiger charge is -2.13. The number of halogens is 2. The Bertz CT molecular complexity index is 895. The van der Waals surface area contributed by atoms with Crippen LogP contribution >= 0.6 is 23.2 Å². The molecule has 0 fully saturated rings. The molecule has 1 unspecified atom stereocenters. The highest BCUT2D eigenvalue weighted by Gasteiger charge is 2.11. The number of nitrogens with one attached hydrogen (secondary N) is 1. The van der Waals surface area contributed by atoms with E-state index in [-0.39, 0.29) is 19.1 Å². The normalized spacial score (nSPS) is 11.8. The van der Waals surface area contributed by atoms with E-state index in [4.69, 9.17) is 32.4 Å². The molecule has 27 heavy (non-hydrogen) atoms. The minimum Gasteiger partial charge on any atom is -0.482 e. The molecule has 1 heterocycles. The van der Waals surface area contributed by atoms with Crippen LogP contribution in [0, 0.1) is 0 Å². The maximum absolute atomic E-state index is 11.9. The zero-order chi connectivity index (χ0) is 19.2. The van der Waals surface area contributed by atoms with E-state index in [1.165, 1.54) is 6.07 Å². The summed E-state index contributed by atoms with van der Waals surface area (Å²) in [5.74, 6) is 0.750. The second-order valence-electron chi connectivity index (χ2n) is 5.78. The van der Waals surface area contributed by atoms with Gasteiger partial charge < -0.3 is 19.6 Å². The van der Waals surface area contributed by atoms with Crippen molar-refractivity contribution in [2.24, 2.45) is 0 Å². The van der Waals surface area contributed by atoms with Gasteiger partial charge in [0.25, 0.3) is 5.91 Å². The van der Waals surface area contributed by atoms with Gasteiger partial charge in [0, 0.05) is 17.1 Å². The van der Waals surface area contributed by atoms with Crippen LogP contribution in [-0.4, -0.2) is 24.2 Å². The number of carbonyl (C=O) groups is 1. The first-order chi connectivity index (χ1) is 13.0. The van der Waals surface area contributed by atoms with Gasteiger partial charge in [0.15, 0.2) is 6.61 Å². The van der Waals surface area contributed by atoms with Crippen molar-refractivity contribution in [1.29, 1.82) is 0 Å². The van der Waals surface area contributed by atoms with Crippen LogP contribution in [0.25, 0.3) is 11.3 Å². The summed E-state index contributed by atoms with van der Waals surface area (Å²) in [6.07, 6.45) is 0.770. The van der Waals surface area contributed by atoms with Crippen LogP contribution in [0.15, 0.2) is 65.3 Å². The van der Waals surface area contributed by atoms with Crippen molar-refractivity contribution in [3.8, 4) is 17.1 Å². The molecule has 0 aliphatic rings. The zero-order valence-electron chi connectivity index (χ0n) is 14.2. The van der Waals surface area contributed by atoms with Gasteiger partial charge in [-0.15, -0.1) is 0 Å². The summed E-state index contributed by atoms with van der Waals surface area (Å²) < 4.78 is 10.7. The number of aliphatic hydroxyl groups excluding tert-OH is 1. The molecule has 1 amide bonds. The minimum absolute atomic E-state index is 0.0661. The molecule has 0 saturated carbocycles. The number of carbonyl (C=O) groups excluding carboxylic acids is 1. The number of hydrogen-bond donors (Lipinski definition) is 2. The summed E-state index contributed by atoms with van der Waals surface area (Å²) in [6.45, 7) is -0.151. The van der Waals surface area contributed by atoms with Crippen molar-refractivity contribution in [2.45, 2.75) is 6.10 Å². The van der Waals surface area contributed by atoms with E-state index in [9.17, 15) is 9.90 Å². The average Bonchev–Trinajstić information content (AvgIpc) is 3.20. The van der Waals surface area contributed by atoms with Gasteiger partial charge in [0.05, 0.1) is 17.4 Å². The molecule has 2 N–H and O–H groups in total. The molecule has 2 aromatic carbocycles. The molecule has 3 rings (SSSR count). The summed E-state index contributed by atoms with van der Waals surface area (Å²) in [4.78, 5) is 11.9. The summed E-state index contributed by atoms with van der Waals surface area (Å²) in [7, 11) is 0. The van der Waals surface area contributed by atoms with Gasteiger partial charge in [-0.25, -0.2) is 0 Å². The number of furan rings is 1. The monoisotopic (exact) mass is 405 g/mol. The van der Waals surface area contributed by atoms with Crippen LogP contribution < -0.4 is 10.1 Å². The molecule has 1 aromatic heterocycles. The third-order valence-corrected chi connectivity index (χ3v) is 4.38. The lowest BCUT2D eigenvalue weighted by Crippen LogP contribution is -2.32. The molecule has 7 heteroatoms. The predicted octanol–water partition coefficient (Wildman–Crippen LogP) is 4.48. The van der Waals surface area contributed by atoms with E-state index in [0.717, 1.165) is 11.3 Å². The highest BCUT2D eigenvalue weighted by Crippen LogP contribution is 2.27. The second-order valence-corrected chi connectivity index (χ2v) is 6.63. The summed E-state index contributed by atoms with van der Waals surface area (Å²) >= 11 is 11.8. The van der Waals surface area contributed by atoms with Crippen LogP contribution in [0.2, 0.25) is 10.0 Å². The van der Waals surface area contributed by atoms with Crippen LogP contribution in [0.1, 0.15) is 11.7 Å². The van der Waals surface area contributed by atoms with Gasteiger partial charge in [-0.2, -0.15) is 0 Å². The summed E-state index contributed by atoms with van der Waals surface area (Å²) in [5, 5.41) is 13.7. The zero-order valence-corrected chi connectivity index (χ0v) is 15.7. The Kier molecular flexibility index (Phi) is 6.40. The SMILES string of the molecule is O=C(COc1ccc(Cl)cc1Cl)NCC(O)c1ccc(-c2ccco2)cc1. The van der Waals surface area contributed by atoms with Gasteiger partial charge in [-0.3, -0.25) is 4.79 Å². The Labute approximate surface area is 166 Å². The van der Waals surface area contributed by atoms with Crippen LogP contribution in [0.3, 0.4) is 0 Å². The van der Waals surface area contributed by atoms with E-state index in [2.05, 4.69) is 5.32 Å². The minimum atomic E-state index is -0.835. The lowest BCUT2D eigenvalue weighted by molar-refractivity contribution is -0.123. The van der Waals surface area contributed by atoms with Crippen molar-refractivity contribution in [1.82, 2.24) is 5.32 Å². The van der Waals surface area contributed by atoms with Crippen LogP contribution in [0.4, 0.5) is 0 Å². The van der Waals surface area contributed by atoms with E-state index < -0.39 is 6.10 Å². The molecule has 0 aliphatic carbocycles. The number of ether oxygens (including phenoxy) is 1. The molecular weight excluding hydrogens is 389 g/mol. The van der Waals surface area contributed by atoms with Gasteiger partial charge >= 0.3 is 0 Å². The Morgan fingerprint density at radius 3 is 2.59 bits per heavy atom. The highest BCUT2D eigenvalue weighted by atomic mass is 35.5. The fourth-order valence-electron chi connectivity index (χ4n) is 2.43. The fraction of sp³-hybridized carbons (Fsp3) is 0.150. The number of hydrogen-bond acceptors (Lipinski definition) is 4. The molecule has 0 bridgehead atoms. The van der Waals surface area contributed by atoms with E-state index in [0.29, 0.717) is 21.4 Å². The van der Waals surface area contributed by atoms with Crippen molar-refractivity contribution < 1.29 is 19.1 Å². The van der Waals surface area contributed by atoms with E-state index in [1.54, 1.807) is 30.5 Å². The third kappa shape index (κ3) is 5.26. The standard InChI is InChI=1S/C20H17Cl2NO4/c21-15-7-8-19(16(22)10-15)27-12-20(25)23-11-17(24)13-3-5-14(6-4-13)18-2-1-9-26-18/h1-10,17,24H,11-12H2,(H,23,25). The molecule has 3 aromatic rings. The predicted molar refractivity (Wildman–Crippen MR) is 104 cm³/mol. The van der Waals surface area contributed by atoms with Crippen molar-refractivity contribution >= 4 is 29.1 Å². The molecule has 140 valence electrons. The topological polar surface area (TPSA) is 71.7 Å². The van der Waals surface area contributed by atoms with Crippen LogP contribution in [-0.2, 0) is 4.79 Å². The molecule has 0 saturated heterocycles. The smallest absolute Gasteiger partial charge is 0.258 e. The molecule has 0 spiro atoms.